The van der Waals surface area contributed by atoms with Crippen LogP contribution >= 0.6 is 0 Å². The highest BCUT2D eigenvalue weighted by Crippen LogP contribution is 2.24. The lowest BCUT2D eigenvalue weighted by Crippen LogP contribution is -2.22. The van der Waals surface area contributed by atoms with Gasteiger partial charge in [-0.1, -0.05) is 6.92 Å². The number of nitrogens with zero attached hydrogens (tertiary/aromatic N) is 1. The summed E-state index contributed by atoms with van der Waals surface area (Å²) in [5.41, 5.74) is 2.94. The van der Waals surface area contributed by atoms with Gasteiger partial charge in [-0.3, -0.25) is 4.79 Å². The summed E-state index contributed by atoms with van der Waals surface area (Å²) in [5, 5.41) is 0. The highest BCUT2D eigenvalue weighted by atomic mass is 16.5. The van der Waals surface area contributed by atoms with Crippen LogP contribution in [0.1, 0.15) is 54.1 Å². The minimum Gasteiger partial charge on any atom is -0.493 e. The molecule has 1 saturated heterocycles. The molecule has 0 saturated carbocycles. The number of ketones is 1. The predicted octanol–water partition coefficient (Wildman–Crippen LogP) is 3.76. The summed E-state index contributed by atoms with van der Waals surface area (Å²) >= 11 is 0. The lowest BCUT2D eigenvalue weighted by molar-refractivity contribution is 0.0968. The molecule has 0 amide bonds. The van der Waals surface area contributed by atoms with E-state index in [1.807, 2.05) is 26.0 Å². The SMILES string of the molecule is CCCOc1cc(C)c(C(=O)CCN2CCCC2)cc1C. The van der Waals surface area contributed by atoms with Gasteiger partial charge in [0.15, 0.2) is 5.78 Å². The van der Waals surface area contributed by atoms with Crippen molar-refractivity contribution in [2.75, 3.05) is 26.2 Å². The van der Waals surface area contributed by atoms with Gasteiger partial charge >= 0.3 is 0 Å². The van der Waals surface area contributed by atoms with Gasteiger partial charge in [-0.25, -0.2) is 0 Å². The number of aryl methyl sites for hydroxylation is 2. The van der Waals surface area contributed by atoms with Gasteiger partial charge in [0.1, 0.15) is 5.75 Å². The van der Waals surface area contributed by atoms with Crippen LogP contribution in [0.4, 0.5) is 0 Å². The molecule has 3 heteroatoms. The van der Waals surface area contributed by atoms with Gasteiger partial charge in [-0.2, -0.15) is 0 Å². The van der Waals surface area contributed by atoms with E-state index < -0.39 is 0 Å². The molecular weight excluding hydrogens is 262 g/mol. The van der Waals surface area contributed by atoms with Crippen molar-refractivity contribution in [1.82, 2.24) is 4.90 Å². The molecule has 2 rings (SSSR count). The van der Waals surface area contributed by atoms with Crippen molar-refractivity contribution in [3.63, 3.8) is 0 Å². The molecule has 0 atom stereocenters. The van der Waals surface area contributed by atoms with E-state index in [9.17, 15) is 4.79 Å². The molecule has 3 nitrogen and oxygen atoms in total. The van der Waals surface area contributed by atoms with E-state index in [0.717, 1.165) is 55.1 Å². The maximum atomic E-state index is 12.4. The fourth-order valence-corrected chi connectivity index (χ4v) is 2.86. The fraction of sp³-hybridized carbons (Fsp3) is 0.611. The van der Waals surface area contributed by atoms with E-state index >= 15 is 0 Å². The van der Waals surface area contributed by atoms with Crippen LogP contribution in [0.2, 0.25) is 0 Å². The molecule has 21 heavy (non-hydrogen) atoms. The summed E-state index contributed by atoms with van der Waals surface area (Å²) < 4.78 is 5.72. The molecule has 0 N–H and O–H groups in total. The van der Waals surface area contributed by atoms with Crippen LogP contribution in [0.15, 0.2) is 12.1 Å². The molecule has 0 spiro atoms. The molecule has 0 aromatic heterocycles. The zero-order valence-electron chi connectivity index (χ0n) is 13.6. The third-order valence-electron chi connectivity index (χ3n) is 4.14. The Balaban J connectivity index is 2.01. The van der Waals surface area contributed by atoms with Crippen molar-refractivity contribution in [3.05, 3.63) is 28.8 Å². The molecule has 1 fully saturated rings. The average molecular weight is 289 g/mol. The Bertz CT molecular complexity index is 490. The van der Waals surface area contributed by atoms with Crippen LogP contribution in [0.5, 0.6) is 5.75 Å². The highest BCUT2D eigenvalue weighted by molar-refractivity contribution is 5.98. The van der Waals surface area contributed by atoms with Crippen LogP contribution in [-0.4, -0.2) is 36.9 Å². The van der Waals surface area contributed by atoms with E-state index in [-0.39, 0.29) is 5.78 Å². The van der Waals surface area contributed by atoms with Crippen molar-refractivity contribution in [2.45, 2.75) is 46.5 Å². The Kier molecular flexibility index (Phi) is 5.80. The molecule has 0 unspecified atom stereocenters. The maximum absolute atomic E-state index is 12.4. The first-order chi connectivity index (χ1) is 10.1. The standard InChI is InChI=1S/C18H27NO2/c1-4-11-21-18-13-14(2)16(12-15(18)3)17(20)7-10-19-8-5-6-9-19/h12-13H,4-11H2,1-3H3. The van der Waals surface area contributed by atoms with Crippen LogP contribution in [-0.2, 0) is 0 Å². The smallest absolute Gasteiger partial charge is 0.164 e. The van der Waals surface area contributed by atoms with Crippen LogP contribution < -0.4 is 4.74 Å². The van der Waals surface area contributed by atoms with E-state index in [1.165, 1.54) is 12.8 Å². The lowest BCUT2D eigenvalue weighted by atomic mass is 9.99. The second kappa shape index (κ2) is 7.60. The quantitative estimate of drug-likeness (QED) is 0.716. The highest BCUT2D eigenvalue weighted by Gasteiger charge is 2.16. The van der Waals surface area contributed by atoms with Gasteiger partial charge in [0.25, 0.3) is 0 Å². The number of carbonyl (C=O) groups excluding carboxylic acids is 1. The number of hydrogen-bond acceptors (Lipinski definition) is 3. The second-order valence-electron chi connectivity index (χ2n) is 6.00. The first-order valence-electron chi connectivity index (χ1n) is 8.11. The molecule has 1 heterocycles. The zero-order valence-corrected chi connectivity index (χ0v) is 13.6. The topological polar surface area (TPSA) is 29.5 Å². The minimum absolute atomic E-state index is 0.254. The number of likely N-dealkylation sites (tertiary alicyclic amines) is 1. The Morgan fingerprint density at radius 2 is 1.90 bits per heavy atom. The summed E-state index contributed by atoms with van der Waals surface area (Å²) in [7, 11) is 0. The molecule has 0 radical (unpaired) electrons. The van der Waals surface area contributed by atoms with Crippen molar-refractivity contribution in [3.8, 4) is 5.75 Å². The summed E-state index contributed by atoms with van der Waals surface area (Å²) in [5.74, 6) is 1.16. The molecule has 1 aromatic carbocycles. The monoisotopic (exact) mass is 289 g/mol. The third kappa shape index (κ3) is 4.31. The molecule has 1 aliphatic heterocycles. The summed E-state index contributed by atoms with van der Waals surface area (Å²) in [4.78, 5) is 14.8. The lowest BCUT2D eigenvalue weighted by Gasteiger charge is -2.15. The van der Waals surface area contributed by atoms with Gasteiger partial charge in [-0.15, -0.1) is 0 Å². The van der Waals surface area contributed by atoms with Gasteiger partial charge in [0.05, 0.1) is 6.61 Å². The summed E-state index contributed by atoms with van der Waals surface area (Å²) in [6, 6.07) is 4.00. The maximum Gasteiger partial charge on any atom is 0.164 e. The average Bonchev–Trinajstić information content (AvgIpc) is 2.98. The number of benzene rings is 1. The first-order valence-corrected chi connectivity index (χ1v) is 8.11. The molecule has 116 valence electrons. The Labute approximate surface area is 128 Å². The molecular formula is C18H27NO2. The number of Topliss-reactive ketones (excluding diaryl/α,β-unsaturated/α-hetero) is 1. The second-order valence-corrected chi connectivity index (χ2v) is 6.00. The summed E-state index contributed by atoms with van der Waals surface area (Å²) in [6.45, 7) is 10.0. The molecule has 1 aromatic rings. The van der Waals surface area contributed by atoms with E-state index in [2.05, 4.69) is 11.8 Å². The number of hydrogen-bond donors (Lipinski definition) is 0. The Hall–Kier alpha value is -1.35. The third-order valence-corrected chi connectivity index (χ3v) is 4.14. The van der Waals surface area contributed by atoms with E-state index in [1.54, 1.807) is 0 Å². The van der Waals surface area contributed by atoms with Crippen LogP contribution in [0, 0.1) is 13.8 Å². The first kappa shape index (κ1) is 16.0. The van der Waals surface area contributed by atoms with Crippen LogP contribution in [0.25, 0.3) is 0 Å². The van der Waals surface area contributed by atoms with E-state index in [0.29, 0.717) is 6.42 Å². The van der Waals surface area contributed by atoms with Crippen molar-refractivity contribution < 1.29 is 9.53 Å². The van der Waals surface area contributed by atoms with Crippen molar-refractivity contribution >= 4 is 5.78 Å². The van der Waals surface area contributed by atoms with Gasteiger partial charge in [0.2, 0.25) is 0 Å². The van der Waals surface area contributed by atoms with E-state index in [4.69, 9.17) is 4.74 Å². The zero-order chi connectivity index (χ0) is 15.2. The predicted molar refractivity (Wildman–Crippen MR) is 86.3 cm³/mol. The number of rotatable bonds is 7. The molecule has 0 bridgehead atoms. The van der Waals surface area contributed by atoms with Gasteiger partial charge in [0, 0.05) is 18.5 Å². The minimum atomic E-state index is 0.254. The van der Waals surface area contributed by atoms with Gasteiger partial charge in [-0.05, 0) is 69.5 Å². The van der Waals surface area contributed by atoms with Crippen LogP contribution in [0.3, 0.4) is 0 Å². The molecule has 1 aliphatic rings. The molecule has 0 aliphatic carbocycles. The van der Waals surface area contributed by atoms with Gasteiger partial charge < -0.3 is 9.64 Å². The Morgan fingerprint density at radius 3 is 2.57 bits per heavy atom. The fourth-order valence-electron chi connectivity index (χ4n) is 2.86. The normalized spacial score (nSPS) is 15.4. The Morgan fingerprint density at radius 1 is 1.19 bits per heavy atom. The summed E-state index contributed by atoms with van der Waals surface area (Å²) in [6.07, 6.45) is 4.16. The van der Waals surface area contributed by atoms with Crippen molar-refractivity contribution in [2.24, 2.45) is 0 Å². The van der Waals surface area contributed by atoms with Crippen molar-refractivity contribution in [1.29, 1.82) is 0 Å². The number of ether oxygens (including phenoxy) is 1. The largest absolute Gasteiger partial charge is 0.493 e. The number of carbonyl (C=O) groups is 1.